The van der Waals surface area contributed by atoms with E-state index in [2.05, 4.69) is 14.1 Å². The normalized spacial score (nSPS) is 29.3. The van der Waals surface area contributed by atoms with Crippen LogP contribution < -0.4 is 24.0 Å². The molecule has 0 amide bonds. The van der Waals surface area contributed by atoms with Gasteiger partial charge in [0, 0.05) is 18.8 Å². The molecule has 5 heteroatoms. The number of esters is 1. The molecule has 4 nitrogen and oxygen atoms in total. The van der Waals surface area contributed by atoms with Gasteiger partial charge in [0.2, 0.25) is 0 Å². The summed E-state index contributed by atoms with van der Waals surface area (Å²) < 4.78 is 6.83. The number of nitrogens with zero attached hydrogens (tertiary/aromatic N) is 1. The molecule has 1 N–H and O–H groups in total. The maximum atomic E-state index is 13.1. The van der Waals surface area contributed by atoms with E-state index in [-0.39, 0.29) is 36.0 Å². The topological polar surface area (TPSA) is 46.5 Å². The molecule has 1 aromatic rings. The number of likely N-dealkylation sites (tertiary alicyclic amines) is 1. The van der Waals surface area contributed by atoms with Gasteiger partial charge in [0.15, 0.2) is 5.60 Å². The van der Waals surface area contributed by atoms with Gasteiger partial charge in [0.05, 0.1) is 27.2 Å². The summed E-state index contributed by atoms with van der Waals surface area (Å²) in [5, 5.41) is 11.5. The molecule has 0 spiro atoms. The molecule has 1 aromatic carbocycles. The Labute approximate surface area is 174 Å². The van der Waals surface area contributed by atoms with Crippen LogP contribution in [0.2, 0.25) is 0 Å². The molecule has 1 aliphatic carbocycles. The number of carbonyl (C=O) groups is 1. The summed E-state index contributed by atoms with van der Waals surface area (Å²) in [6.45, 7) is 2.01. The maximum Gasteiger partial charge on any atom is 0.343 e. The average molecular weight is 472 g/mol. The molecule has 1 aliphatic heterocycles. The standard InChI is InChI=1S/C21H32NO3.HI/c1-22(2)15-13-19(14-16-22)25-20(23)21(24,17-9-5-3-6-10-17)18-11-7-4-8-12-18;/h3,5-6,9-10,18-19,24H,4,7-8,11-16H2,1-2H3;1H/q+1;/p-1/t21-;/m0./s1/i1-1;/t19?,21-,22?;. The summed E-state index contributed by atoms with van der Waals surface area (Å²) in [5.41, 5.74) is -0.831. The van der Waals surface area contributed by atoms with Gasteiger partial charge >= 0.3 is 5.97 Å². The number of hydrogen-bond acceptors (Lipinski definition) is 3. The van der Waals surface area contributed by atoms with Crippen molar-refractivity contribution in [3.63, 3.8) is 0 Å². The zero-order valence-corrected chi connectivity index (χ0v) is 18.2. The van der Waals surface area contributed by atoms with E-state index in [4.69, 9.17) is 4.74 Å². The minimum atomic E-state index is -1.51. The van der Waals surface area contributed by atoms with Crippen LogP contribution in [0.15, 0.2) is 30.3 Å². The van der Waals surface area contributed by atoms with E-state index in [1.165, 1.54) is 6.42 Å². The predicted molar refractivity (Wildman–Crippen MR) is 97.9 cm³/mol. The number of benzene rings is 1. The number of halogens is 1. The van der Waals surface area contributed by atoms with E-state index < -0.39 is 11.6 Å². The molecule has 146 valence electrons. The van der Waals surface area contributed by atoms with Crippen LogP contribution in [0, 0.1) is 5.92 Å². The number of quaternary nitrogens is 1. The van der Waals surface area contributed by atoms with Crippen molar-refractivity contribution in [2.45, 2.75) is 56.7 Å². The lowest BCUT2D eigenvalue weighted by atomic mass is 9.73. The Morgan fingerprint density at radius 3 is 2.19 bits per heavy atom. The van der Waals surface area contributed by atoms with Crippen molar-refractivity contribution in [3.05, 3.63) is 35.9 Å². The summed E-state index contributed by atoms with van der Waals surface area (Å²) in [6.07, 6.45) is 6.76. The van der Waals surface area contributed by atoms with Gasteiger partial charge in [-0.25, -0.2) is 4.79 Å². The maximum absolute atomic E-state index is 13.1. The molecule has 0 radical (unpaired) electrons. The molecule has 26 heavy (non-hydrogen) atoms. The lowest BCUT2D eigenvalue weighted by molar-refractivity contribution is -0.896. The van der Waals surface area contributed by atoms with Gasteiger partial charge in [-0.2, -0.15) is 0 Å². The number of rotatable bonds is 4. The molecule has 1 heterocycles. The van der Waals surface area contributed by atoms with Crippen LogP contribution in [-0.2, 0) is 15.1 Å². The predicted octanol–water partition coefficient (Wildman–Crippen LogP) is 0.241. The van der Waals surface area contributed by atoms with Crippen molar-refractivity contribution in [1.29, 1.82) is 0 Å². The van der Waals surface area contributed by atoms with Crippen LogP contribution >= 0.6 is 0 Å². The SMILES string of the molecule is C[N+]1([11CH3])CCC(OC(=O)[C@](O)(c2ccccc2)C2CCCCC2)CC1.[I-]. The van der Waals surface area contributed by atoms with Gasteiger partial charge in [0.1, 0.15) is 6.10 Å². The van der Waals surface area contributed by atoms with Crippen LogP contribution in [0.4, 0.5) is 0 Å². The third-order valence-corrected chi connectivity index (χ3v) is 6.11. The molecule has 1 saturated heterocycles. The fourth-order valence-corrected chi connectivity index (χ4v) is 4.33. The first kappa shape index (κ1) is 21.6. The Morgan fingerprint density at radius 2 is 1.62 bits per heavy atom. The van der Waals surface area contributed by atoms with Crippen LogP contribution in [0.1, 0.15) is 50.5 Å². The van der Waals surface area contributed by atoms with Gasteiger partial charge in [-0.1, -0.05) is 49.6 Å². The van der Waals surface area contributed by atoms with Gasteiger partial charge < -0.3 is 38.3 Å². The van der Waals surface area contributed by atoms with Gasteiger partial charge in [-0.3, -0.25) is 0 Å². The van der Waals surface area contributed by atoms with Crippen molar-refractivity contribution in [1.82, 2.24) is 0 Å². The summed E-state index contributed by atoms with van der Waals surface area (Å²) in [4.78, 5) is 13.1. The number of piperidine rings is 1. The van der Waals surface area contributed by atoms with E-state index in [9.17, 15) is 9.90 Å². The molecule has 1 atom stereocenters. The summed E-state index contributed by atoms with van der Waals surface area (Å²) >= 11 is 0. The second-order valence-electron chi connectivity index (χ2n) is 8.45. The Balaban J connectivity index is 0.00000243. The molecule has 1 saturated carbocycles. The summed E-state index contributed by atoms with van der Waals surface area (Å²) in [6, 6.07) is 9.40. The monoisotopic (exact) mass is 472 g/mol. The third kappa shape index (κ3) is 4.78. The first-order valence-corrected chi connectivity index (χ1v) is 9.73. The molecule has 0 aromatic heterocycles. The quantitative estimate of drug-likeness (QED) is 0.388. The van der Waals surface area contributed by atoms with Crippen molar-refractivity contribution in [3.8, 4) is 0 Å². The van der Waals surface area contributed by atoms with E-state index in [0.29, 0.717) is 5.56 Å². The first-order valence-electron chi connectivity index (χ1n) is 9.73. The van der Waals surface area contributed by atoms with Crippen LogP contribution in [0.5, 0.6) is 0 Å². The van der Waals surface area contributed by atoms with Gasteiger partial charge in [-0.15, -0.1) is 0 Å². The van der Waals surface area contributed by atoms with Crippen molar-refractivity contribution in [2.75, 3.05) is 27.2 Å². The zero-order valence-electron chi connectivity index (χ0n) is 16.0. The van der Waals surface area contributed by atoms with E-state index in [0.717, 1.165) is 56.1 Å². The van der Waals surface area contributed by atoms with Crippen molar-refractivity contribution in [2.24, 2.45) is 5.92 Å². The third-order valence-electron chi connectivity index (χ3n) is 6.11. The van der Waals surface area contributed by atoms with E-state index in [1.54, 1.807) is 0 Å². The summed E-state index contributed by atoms with van der Waals surface area (Å²) in [5.74, 6) is -0.491. The highest BCUT2D eigenvalue weighted by Crippen LogP contribution is 2.40. The Kier molecular flexibility index (Phi) is 7.51. The molecule has 0 bridgehead atoms. The lowest BCUT2D eigenvalue weighted by Crippen LogP contribution is -3.00. The highest BCUT2D eigenvalue weighted by atomic mass is 127. The van der Waals surface area contributed by atoms with E-state index >= 15 is 0 Å². The van der Waals surface area contributed by atoms with E-state index in [1.807, 2.05) is 30.3 Å². The molecule has 2 aliphatic rings. The van der Waals surface area contributed by atoms with Gasteiger partial charge in [0.25, 0.3) is 0 Å². The average Bonchev–Trinajstić information content (AvgIpc) is 2.64. The molecule has 0 unspecified atom stereocenters. The largest absolute Gasteiger partial charge is 1.00 e. The molecule has 2 fully saturated rings. The van der Waals surface area contributed by atoms with Crippen molar-refractivity contribution >= 4 is 5.97 Å². The Hall–Kier alpha value is -0.660. The number of ether oxygens (including phenoxy) is 1. The second kappa shape index (κ2) is 9.02. The van der Waals surface area contributed by atoms with Crippen LogP contribution in [0.25, 0.3) is 0 Å². The number of aliphatic hydroxyl groups is 1. The second-order valence-corrected chi connectivity index (χ2v) is 8.45. The smallest absolute Gasteiger partial charge is 0.343 e. The zero-order chi connectivity index (χ0) is 17.9. The fraction of sp³-hybridized carbons (Fsp3) is 0.667. The van der Waals surface area contributed by atoms with Crippen molar-refractivity contribution < 1.29 is 43.1 Å². The van der Waals surface area contributed by atoms with Crippen LogP contribution in [0.3, 0.4) is 0 Å². The Morgan fingerprint density at radius 1 is 1.04 bits per heavy atom. The molecular weight excluding hydrogens is 440 g/mol. The number of hydrogen-bond donors (Lipinski definition) is 1. The lowest BCUT2D eigenvalue weighted by Gasteiger charge is -2.40. The molecular formula is C21H32INO3. The summed E-state index contributed by atoms with van der Waals surface area (Å²) in [7, 11) is 4.42. The fourth-order valence-electron chi connectivity index (χ4n) is 4.33. The highest BCUT2D eigenvalue weighted by molar-refractivity contribution is 5.81. The minimum Gasteiger partial charge on any atom is -1.00 e. The van der Waals surface area contributed by atoms with Crippen LogP contribution in [-0.4, -0.2) is 48.8 Å². The number of carbonyl (C=O) groups excluding carboxylic acids is 1. The first-order chi connectivity index (χ1) is 11.9. The minimum absolute atomic E-state index is 0. The Bertz CT molecular complexity index is 576. The highest BCUT2D eigenvalue weighted by Gasteiger charge is 2.48. The van der Waals surface area contributed by atoms with Gasteiger partial charge in [-0.05, 0) is 18.4 Å². The molecule has 3 rings (SSSR count).